The van der Waals surface area contributed by atoms with Gasteiger partial charge < -0.3 is 0 Å². The molecule has 0 atom stereocenters. The summed E-state index contributed by atoms with van der Waals surface area (Å²) in [6.07, 6.45) is 2.66. The van der Waals surface area contributed by atoms with Crippen molar-refractivity contribution in [2.75, 3.05) is 0 Å². The molecule has 5 nitrogen and oxygen atoms in total. The second-order valence-electron chi connectivity index (χ2n) is 1.47. The van der Waals surface area contributed by atoms with E-state index in [0.29, 0.717) is 5.82 Å². The predicted molar refractivity (Wildman–Crippen MR) is 35.1 cm³/mol. The molecule has 1 heterocycles. The first-order chi connectivity index (χ1) is 4.93. The van der Waals surface area contributed by atoms with Crippen molar-refractivity contribution in [3.63, 3.8) is 0 Å². The SMILES string of the molecule is ONC=Nc1cccnn1. The van der Waals surface area contributed by atoms with E-state index in [9.17, 15) is 0 Å². The van der Waals surface area contributed by atoms with E-state index >= 15 is 0 Å². The first-order valence-electron chi connectivity index (χ1n) is 2.63. The molecule has 52 valence electrons. The van der Waals surface area contributed by atoms with Crippen LogP contribution in [-0.4, -0.2) is 21.7 Å². The largest absolute Gasteiger partial charge is 0.290 e. The zero-order chi connectivity index (χ0) is 7.23. The number of hydroxylamine groups is 1. The Morgan fingerprint density at radius 2 is 2.60 bits per heavy atom. The van der Waals surface area contributed by atoms with Crippen molar-refractivity contribution >= 4 is 12.2 Å². The molecule has 0 saturated heterocycles. The van der Waals surface area contributed by atoms with Gasteiger partial charge in [0, 0.05) is 6.20 Å². The molecule has 0 saturated carbocycles. The quantitative estimate of drug-likeness (QED) is 0.346. The molecule has 1 aromatic heterocycles. The standard InChI is InChI=1S/C5H6N4O/c10-8-4-6-5-2-1-3-7-9-5/h1-4,10H,(H,6,8,9). The van der Waals surface area contributed by atoms with Gasteiger partial charge in [0.15, 0.2) is 5.82 Å². The summed E-state index contributed by atoms with van der Waals surface area (Å²) in [5, 5.41) is 15.3. The summed E-state index contributed by atoms with van der Waals surface area (Å²) in [6.45, 7) is 0. The van der Waals surface area contributed by atoms with Crippen molar-refractivity contribution in [1.29, 1.82) is 0 Å². The van der Waals surface area contributed by atoms with E-state index < -0.39 is 0 Å². The number of hydrogen-bond donors (Lipinski definition) is 2. The molecule has 1 aromatic rings. The molecule has 0 amide bonds. The third-order valence-corrected chi connectivity index (χ3v) is 0.813. The van der Waals surface area contributed by atoms with Crippen molar-refractivity contribution in [2.45, 2.75) is 0 Å². The third kappa shape index (κ3) is 1.79. The fourth-order valence-electron chi connectivity index (χ4n) is 0.457. The highest BCUT2D eigenvalue weighted by Crippen LogP contribution is 2.00. The maximum atomic E-state index is 8.08. The zero-order valence-electron chi connectivity index (χ0n) is 5.10. The molecule has 0 unspecified atom stereocenters. The Labute approximate surface area is 57.4 Å². The van der Waals surface area contributed by atoms with Gasteiger partial charge in [-0.2, -0.15) is 5.10 Å². The summed E-state index contributed by atoms with van der Waals surface area (Å²) in [7, 11) is 0. The van der Waals surface area contributed by atoms with Crippen LogP contribution in [0.15, 0.2) is 23.3 Å². The van der Waals surface area contributed by atoms with Gasteiger partial charge in [0.2, 0.25) is 0 Å². The molecule has 1 rings (SSSR count). The van der Waals surface area contributed by atoms with Gasteiger partial charge in [-0.1, -0.05) is 0 Å². The van der Waals surface area contributed by atoms with Gasteiger partial charge in [0.05, 0.1) is 0 Å². The zero-order valence-corrected chi connectivity index (χ0v) is 5.10. The molecule has 5 heteroatoms. The van der Waals surface area contributed by atoms with E-state index in [1.54, 1.807) is 23.8 Å². The maximum Gasteiger partial charge on any atom is 0.175 e. The molecule has 10 heavy (non-hydrogen) atoms. The van der Waals surface area contributed by atoms with Gasteiger partial charge in [-0.05, 0) is 12.1 Å². The lowest BCUT2D eigenvalue weighted by molar-refractivity contribution is 0.240. The minimum atomic E-state index is 0.448. The smallest absolute Gasteiger partial charge is 0.175 e. The second-order valence-corrected chi connectivity index (χ2v) is 1.47. The topological polar surface area (TPSA) is 70.4 Å². The molecule has 0 aromatic carbocycles. The van der Waals surface area contributed by atoms with Crippen LogP contribution in [0.5, 0.6) is 0 Å². The molecule has 0 spiro atoms. The van der Waals surface area contributed by atoms with Gasteiger partial charge >= 0.3 is 0 Å². The van der Waals surface area contributed by atoms with E-state index in [1.807, 2.05) is 0 Å². The maximum absolute atomic E-state index is 8.08. The van der Waals surface area contributed by atoms with Crippen molar-refractivity contribution in [3.8, 4) is 0 Å². The van der Waals surface area contributed by atoms with Crippen molar-refractivity contribution in [2.24, 2.45) is 4.99 Å². The summed E-state index contributed by atoms with van der Waals surface area (Å²) >= 11 is 0. The first kappa shape index (κ1) is 6.63. The van der Waals surface area contributed by atoms with Crippen LogP contribution in [0.1, 0.15) is 0 Å². The van der Waals surface area contributed by atoms with Gasteiger partial charge in [0.1, 0.15) is 6.34 Å². The summed E-state index contributed by atoms with van der Waals surface area (Å²) in [5.74, 6) is 0.448. The highest BCUT2D eigenvalue weighted by Gasteiger charge is 1.83. The Bertz CT molecular complexity index is 210. The highest BCUT2D eigenvalue weighted by molar-refractivity contribution is 5.57. The first-order valence-corrected chi connectivity index (χ1v) is 2.63. The van der Waals surface area contributed by atoms with Crippen LogP contribution in [0, 0.1) is 0 Å². The normalized spacial score (nSPS) is 10.1. The Morgan fingerprint density at radius 3 is 3.20 bits per heavy atom. The predicted octanol–water partition coefficient (Wildman–Crippen LogP) is 0.115. The van der Waals surface area contributed by atoms with Gasteiger partial charge in [-0.25, -0.2) is 4.99 Å². The average Bonchev–Trinajstić information content (AvgIpc) is 2.03. The Morgan fingerprint density at radius 1 is 1.70 bits per heavy atom. The van der Waals surface area contributed by atoms with E-state index in [-0.39, 0.29) is 0 Å². The van der Waals surface area contributed by atoms with Gasteiger partial charge in [-0.15, -0.1) is 5.10 Å². The van der Waals surface area contributed by atoms with E-state index in [0.717, 1.165) is 6.34 Å². The Hall–Kier alpha value is -1.49. The van der Waals surface area contributed by atoms with E-state index in [1.165, 1.54) is 0 Å². The fourth-order valence-corrected chi connectivity index (χ4v) is 0.457. The number of aliphatic imine (C=N–C) groups is 1. The minimum Gasteiger partial charge on any atom is -0.290 e. The van der Waals surface area contributed by atoms with Crippen LogP contribution in [0.25, 0.3) is 0 Å². The van der Waals surface area contributed by atoms with Crippen LogP contribution < -0.4 is 5.48 Å². The molecule has 0 aliphatic rings. The molecule has 0 fully saturated rings. The molecular formula is C5H6N4O. The molecular weight excluding hydrogens is 132 g/mol. The monoisotopic (exact) mass is 138 g/mol. The van der Waals surface area contributed by atoms with Crippen molar-refractivity contribution in [3.05, 3.63) is 18.3 Å². The lowest BCUT2D eigenvalue weighted by atomic mass is 10.5. The summed E-state index contributed by atoms with van der Waals surface area (Å²) in [6, 6.07) is 3.37. The third-order valence-electron chi connectivity index (χ3n) is 0.813. The number of hydrogen-bond acceptors (Lipinski definition) is 4. The van der Waals surface area contributed by atoms with Crippen molar-refractivity contribution in [1.82, 2.24) is 15.7 Å². The molecule has 2 N–H and O–H groups in total. The van der Waals surface area contributed by atoms with Crippen LogP contribution >= 0.6 is 0 Å². The van der Waals surface area contributed by atoms with Crippen LogP contribution in [0.3, 0.4) is 0 Å². The lowest BCUT2D eigenvalue weighted by Crippen LogP contribution is -2.01. The van der Waals surface area contributed by atoms with Gasteiger partial charge in [0.25, 0.3) is 0 Å². The minimum absolute atomic E-state index is 0.448. The summed E-state index contributed by atoms with van der Waals surface area (Å²) < 4.78 is 0. The highest BCUT2D eigenvalue weighted by atomic mass is 16.5. The summed E-state index contributed by atoms with van der Waals surface area (Å²) in [4.78, 5) is 3.66. The Kier molecular flexibility index (Phi) is 2.33. The second kappa shape index (κ2) is 3.52. The molecule has 0 aliphatic heterocycles. The molecule has 0 bridgehead atoms. The average molecular weight is 138 g/mol. The molecule has 0 radical (unpaired) electrons. The van der Waals surface area contributed by atoms with E-state index in [4.69, 9.17) is 5.21 Å². The number of aromatic nitrogens is 2. The Balaban J connectivity index is 2.67. The lowest BCUT2D eigenvalue weighted by Gasteiger charge is -1.86. The van der Waals surface area contributed by atoms with Gasteiger partial charge in [-0.3, -0.25) is 10.7 Å². The van der Waals surface area contributed by atoms with Crippen molar-refractivity contribution < 1.29 is 5.21 Å². The fraction of sp³-hybridized carbons (Fsp3) is 0. The summed E-state index contributed by atoms with van der Waals surface area (Å²) in [5.41, 5.74) is 1.76. The van der Waals surface area contributed by atoms with Crippen LogP contribution in [-0.2, 0) is 0 Å². The van der Waals surface area contributed by atoms with E-state index in [2.05, 4.69) is 15.2 Å². The van der Waals surface area contributed by atoms with Crippen LogP contribution in [0.2, 0.25) is 0 Å². The number of nitrogens with one attached hydrogen (secondary N) is 1. The van der Waals surface area contributed by atoms with Crippen LogP contribution in [0.4, 0.5) is 5.82 Å². The number of nitrogens with zero attached hydrogens (tertiary/aromatic N) is 3. The number of rotatable bonds is 2. The molecule has 0 aliphatic carbocycles.